The van der Waals surface area contributed by atoms with E-state index in [9.17, 15) is 5.11 Å². The second-order valence-corrected chi connectivity index (χ2v) is 18.8. The fraction of sp³-hybridized carbons (Fsp3) is 0.562. The topological polar surface area (TPSA) is 209 Å². The minimum Gasteiger partial charge on any atom is -0.493 e. The SMILES string of the molecule is COc1cc2c(cc1OCCCNCN(C)CCCOc1cc3c(cc1OC)C(C)(CC1CC4(C1)C(N)=Nc1cc(OC[C@@H](O)CN5CCC5)c(OC)cc14)C(N)=N3)N=C(N)C2(C)C. The third-order valence-electron chi connectivity index (χ3n) is 13.9. The maximum atomic E-state index is 10.5. The van der Waals surface area contributed by atoms with Crippen molar-refractivity contribution in [3.63, 3.8) is 0 Å². The Hall–Kier alpha value is -5.29. The summed E-state index contributed by atoms with van der Waals surface area (Å²) in [5.41, 5.74) is 24.0. The van der Waals surface area contributed by atoms with Crippen molar-refractivity contribution in [1.82, 2.24) is 15.1 Å². The quantitative estimate of drug-likeness (QED) is 0.0654. The van der Waals surface area contributed by atoms with E-state index in [4.69, 9.17) is 55.6 Å². The standard InChI is InChI=1S/C48H67N9O7/c1-46(2)31-17-37(59-5)40(20-34(31)53-43(46)49)62-15-8-11-52-28-56(4)12-10-16-63-41-21-35-32(18-38(41)60-6)47(3,44(50)54-35)23-29-24-48(25-29)33-19-39(61-7)42(22-36(33)55-45(48)51)64-27-30(58)26-57-13-9-14-57/h17-22,29-30,52,58H,8-16,23-28H2,1-7H3,(H2,49,53)(H2,50,54)(H2,51,55)/t29?,30-,47?,48?/m0/s1. The lowest BCUT2D eigenvalue weighted by atomic mass is 9.55. The molecule has 1 unspecified atom stereocenters. The number of β-amino-alcohol motifs (C(OH)–C–C–N with tert-alkyl or cyclic N) is 1. The molecule has 2 atom stereocenters. The number of amidine groups is 3. The van der Waals surface area contributed by atoms with Gasteiger partial charge in [-0.1, -0.05) is 0 Å². The number of nitrogens with two attached hydrogens (primary N) is 3. The van der Waals surface area contributed by atoms with Crippen LogP contribution in [0.3, 0.4) is 0 Å². The van der Waals surface area contributed by atoms with Crippen LogP contribution in [0.5, 0.6) is 34.5 Å². The molecule has 0 amide bonds. The van der Waals surface area contributed by atoms with Gasteiger partial charge in [-0.2, -0.15) is 0 Å². The van der Waals surface area contributed by atoms with Gasteiger partial charge in [-0.25, -0.2) is 15.0 Å². The highest BCUT2D eigenvalue weighted by molar-refractivity contribution is 6.02. The summed E-state index contributed by atoms with van der Waals surface area (Å²) in [6.07, 6.45) is 4.71. The van der Waals surface area contributed by atoms with Gasteiger partial charge >= 0.3 is 0 Å². The van der Waals surface area contributed by atoms with Crippen LogP contribution in [-0.2, 0) is 16.2 Å². The second-order valence-electron chi connectivity index (χ2n) is 18.8. The van der Waals surface area contributed by atoms with E-state index >= 15 is 0 Å². The number of benzene rings is 3. The molecule has 2 fully saturated rings. The number of fused-ring (bicyclic) bond motifs is 4. The summed E-state index contributed by atoms with van der Waals surface area (Å²) in [7, 11) is 7.03. The van der Waals surface area contributed by atoms with Gasteiger partial charge in [-0.3, -0.25) is 4.90 Å². The Labute approximate surface area is 377 Å². The highest BCUT2D eigenvalue weighted by Gasteiger charge is 2.55. The summed E-state index contributed by atoms with van der Waals surface area (Å²) in [5, 5.41) is 14.0. The second kappa shape index (κ2) is 18.3. The van der Waals surface area contributed by atoms with Crippen molar-refractivity contribution >= 4 is 34.6 Å². The Balaban J connectivity index is 0.789. The number of nitrogens with zero attached hydrogens (tertiary/aromatic N) is 5. The molecule has 3 aromatic rings. The van der Waals surface area contributed by atoms with E-state index in [-0.39, 0.29) is 17.4 Å². The zero-order valence-corrected chi connectivity index (χ0v) is 38.6. The van der Waals surface area contributed by atoms with E-state index in [2.05, 4.69) is 47.9 Å². The summed E-state index contributed by atoms with van der Waals surface area (Å²) < 4.78 is 35.7. The summed E-state index contributed by atoms with van der Waals surface area (Å²) in [5.74, 6) is 5.96. The molecule has 4 heterocycles. The first-order valence-electron chi connectivity index (χ1n) is 22.6. The highest BCUT2D eigenvalue weighted by atomic mass is 16.5. The molecule has 16 heteroatoms. The number of hydrogen-bond donors (Lipinski definition) is 5. The molecule has 0 aromatic heterocycles. The van der Waals surface area contributed by atoms with Crippen LogP contribution in [0.1, 0.15) is 76.0 Å². The molecule has 4 aliphatic heterocycles. The fourth-order valence-electron chi connectivity index (χ4n) is 9.88. The van der Waals surface area contributed by atoms with E-state index < -0.39 is 11.5 Å². The molecule has 5 aliphatic rings. The van der Waals surface area contributed by atoms with Crippen molar-refractivity contribution in [3.8, 4) is 34.5 Å². The van der Waals surface area contributed by atoms with Crippen LogP contribution in [0, 0.1) is 5.92 Å². The summed E-state index contributed by atoms with van der Waals surface area (Å²) in [4.78, 5) is 18.7. The Morgan fingerprint density at radius 2 is 1.28 bits per heavy atom. The first kappa shape index (κ1) is 45.3. The number of aliphatic hydroxyl groups excluding tert-OH is 1. The van der Waals surface area contributed by atoms with E-state index in [0.29, 0.717) is 77.7 Å². The molecule has 8 rings (SSSR count). The smallest absolute Gasteiger partial charge is 0.163 e. The van der Waals surface area contributed by atoms with Gasteiger partial charge in [0.1, 0.15) is 30.2 Å². The number of aliphatic imine (C=N–C) groups is 3. The van der Waals surface area contributed by atoms with Gasteiger partial charge in [0.25, 0.3) is 0 Å². The molecule has 16 nitrogen and oxygen atoms in total. The number of likely N-dealkylation sites (tertiary alicyclic amines) is 1. The first-order chi connectivity index (χ1) is 30.7. The lowest BCUT2D eigenvalue weighted by molar-refractivity contribution is 0.0460. The van der Waals surface area contributed by atoms with Gasteiger partial charge in [-0.05, 0) is 127 Å². The Morgan fingerprint density at radius 3 is 1.91 bits per heavy atom. The molecule has 0 radical (unpaired) electrons. The Morgan fingerprint density at radius 1 is 0.734 bits per heavy atom. The van der Waals surface area contributed by atoms with Crippen LogP contribution in [-0.4, -0.2) is 126 Å². The predicted molar refractivity (Wildman–Crippen MR) is 251 cm³/mol. The number of ether oxygens (including phenoxy) is 6. The molecule has 8 N–H and O–H groups in total. The third-order valence-corrected chi connectivity index (χ3v) is 13.9. The zero-order chi connectivity index (χ0) is 45.4. The number of methoxy groups -OCH3 is 3. The maximum Gasteiger partial charge on any atom is 0.163 e. The molecular formula is C48H67N9O7. The molecule has 1 saturated heterocycles. The number of aliphatic hydroxyl groups is 1. The van der Waals surface area contributed by atoms with Crippen LogP contribution in [0.25, 0.3) is 0 Å². The molecule has 0 bridgehead atoms. The van der Waals surface area contributed by atoms with Crippen LogP contribution < -0.4 is 50.9 Å². The van der Waals surface area contributed by atoms with E-state index in [0.717, 1.165) is 98.7 Å². The van der Waals surface area contributed by atoms with Crippen LogP contribution in [0.4, 0.5) is 17.1 Å². The minimum atomic E-state index is -0.585. The fourth-order valence-corrected chi connectivity index (χ4v) is 9.88. The third kappa shape index (κ3) is 8.64. The normalized spacial score (nSPS) is 23.0. The molecule has 1 spiro atoms. The van der Waals surface area contributed by atoms with Gasteiger partial charge in [-0.15, -0.1) is 0 Å². The monoisotopic (exact) mass is 882 g/mol. The van der Waals surface area contributed by atoms with Crippen molar-refractivity contribution in [2.45, 2.75) is 81.6 Å². The van der Waals surface area contributed by atoms with Crippen molar-refractivity contribution in [1.29, 1.82) is 0 Å². The molecular weight excluding hydrogens is 815 g/mol. The molecule has 1 aliphatic carbocycles. The summed E-state index contributed by atoms with van der Waals surface area (Å²) in [6, 6.07) is 11.8. The number of rotatable bonds is 22. The van der Waals surface area contributed by atoms with Crippen molar-refractivity contribution in [3.05, 3.63) is 53.1 Å². The van der Waals surface area contributed by atoms with E-state index in [1.54, 1.807) is 21.3 Å². The lowest BCUT2D eigenvalue weighted by Gasteiger charge is -2.48. The molecule has 3 aromatic carbocycles. The van der Waals surface area contributed by atoms with Crippen LogP contribution >= 0.6 is 0 Å². The van der Waals surface area contributed by atoms with Crippen LogP contribution in [0.15, 0.2) is 51.4 Å². The van der Waals surface area contributed by atoms with Crippen molar-refractivity contribution in [2.24, 2.45) is 38.1 Å². The largest absolute Gasteiger partial charge is 0.493 e. The van der Waals surface area contributed by atoms with Gasteiger partial charge in [0.2, 0.25) is 0 Å². The van der Waals surface area contributed by atoms with Gasteiger partial charge in [0, 0.05) is 43.4 Å². The van der Waals surface area contributed by atoms with E-state index in [1.807, 2.05) is 36.4 Å². The maximum absolute atomic E-state index is 10.5. The van der Waals surface area contributed by atoms with Crippen molar-refractivity contribution in [2.75, 3.05) is 87.6 Å². The number of nitrogens with one attached hydrogen (secondary N) is 1. The van der Waals surface area contributed by atoms with Gasteiger partial charge in [0.05, 0.1) is 62.4 Å². The summed E-state index contributed by atoms with van der Waals surface area (Å²) in [6.45, 7) is 12.6. The average molecular weight is 882 g/mol. The van der Waals surface area contributed by atoms with E-state index in [1.165, 1.54) is 6.42 Å². The summed E-state index contributed by atoms with van der Waals surface area (Å²) >= 11 is 0. The van der Waals surface area contributed by atoms with Gasteiger partial charge in [0.15, 0.2) is 34.5 Å². The molecule has 346 valence electrons. The number of hydrogen-bond acceptors (Lipinski definition) is 16. The molecule has 1 saturated carbocycles. The zero-order valence-electron chi connectivity index (χ0n) is 38.6. The van der Waals surface area contributed by atoms with Crippen molar-refractivity contribution < 1.29 is 33.5 Å². The first-order valence-corrected chi connectivity index (χ1v) is 22.6. The van der Waals surface area contributed by atoms with Crippen LogP contribution in [0.2, 0.25) is 0 Å². The Kier molecular flexibility index (Phi) is 12.9. The average Bonchev–Trinajstić information content (AvgIpc) is 3.75. The van der Waals surface area contributed by atoms with Gasteiger partial charge < -0.3 is 60.9 Å². The Bertz CT molecular complexity index is 2300. The highest BCUT2D eigenvalue weighted by Crippen LogP contribution is 2.60. The lowest BCUT2D eigenvalue weighted by Crippen LogP contribution is -2.51. The molecule has 64 heavy (non-hydrogen) atoms. The predicted octanol–water partition coefficient (Wildman–Crippen LogP) is 5.16. The minimum absolute atomic E-state index is 0.177.